The fourth-order valence-corrected chi connectivity index (χ4v) is 1.92. The number of benzene rings is 1. The van der Waals surface area contributed by atoms with E-state index in [2.05, 4.69) is 25.8 Å². The zero-order valence-electron chi connectivity index (χ0n) is 12.7. The maximum absolute atomic E-state index is 13.7. The first-order valence-electron chi connectivity index (χ1n) is 6.91. The molecule has 2 heterocycles. The van der Waals surface area contributed by atoms with Crippen molar-refractivity contribution in [1.29, 1.82) is 0 Å². The Bertz CT molecular complexity index is 945. The molecule has 0 fully saturated rings. The van der Waals surface area contributed by atoms with Crippen molar-refractivity contribution in [3.63, 3.8) is 0 Å². The summed E-state index contributed by atoms with van der Waals surface area (Å²) in [5, 5.41) is 8.52. The normalized spacial score (nSPS) is 10.6. The number of carbonyl (C=O) groups is 1. The number of amides is 1. The van der Waals surface area contributed by atoms with Gasteiger partial charge in [-0.25, -0.2) is 23.1 Å². The third kappa shape index (κ3) is 3.57. The van der Waals surface area contributed by atoms with Crippen molar-refractivity contribution < 1.29 is 22.5 Å². The average Bonchev–Trinajstić information content (AvgIpc) is 3.00. The lowest BCUT2D eigenvalue weighted by Crippen LogP contribution is -2.14. The molecule has 25 heavy (non-hydrogen) atoms. The summed E-state index contributed by atoms with van der Waals surface area (Å²) >= 11 is 0. The molecule has 2 aromatic heterocycles. The van der Waals surface area contributed by atoms with E-state index in [1.807, 2.05) is 0 Å². The minimum absolute atomic E-state index is 0.0152. The van der Waals surface area contributed by atoms with E-state index in [9.17, 15) is 18.0 Å². The second kappa shape index (κ2) is 6.59. The summed E-state index contributed by atoms with van der Waals surface area (Å²) in [4.78, 5) is 19.7. The third-order valence-electron chi connectivity index (χ3n) is 3.07. The van der Waals surface area contributed by atoms with Gasteiger partial charge in [0.25, 0.3) is 5.91 Å². The van der Waals surface area contributed by atoms with E-state index in [-0.39, 0.29) is 23.0 Å². The maximum Gasteiger partial charge on any atom is 0.275 e. The first-order valence-corrected chi connectivity index (χ1v) is 6.91. The number of halogens is 3. The van der Waals surface area contributed by atoms with Gasteiger partial charge in [0.15, 0.2) is 23.3 Å². The number of aryl methyl sites for hydroxylation is 1. The average molecular weight is 349 g/mol. The van der Waals surface area contributed by atoms with Crippen LogP contribution in [0.1, 0.15) is 16.2 Å². The number of anilines is 3. The van der Waals surface area contributed by atoms with Crippen molar-refractivity contribution in [1.82, 2.24) is 15.1 Å². The highest BCUT2D eigenvalue weighted by atomic mass is 19.2. The SMILES string of the molecule is Cc1cc(NC(=O)c2cc(Nc3ccc(F)c(F)c3F)ncn2)no1. The molecule has 2 N–H and O–H groups in total. The molecule has 1 aromatic carbocycles. The number of aromatic nitrogens is 3. The van der Waals surface area contributed by atoms with Gasteiger partial charge in [0, 0.05) is 12.1 Å². The van der Waals surface area contributed by atoms with Crippen molar-refractivity contribution in [2.45, 2.75) is 6.92 Å². The molecule has 0 unspecified atom stereocenters. The summed E-state index contributed by atoms with van der Waals surface area (Å²) in [7, 11) is 0. The second-order valence-electron chi connectivity index (χ2n) is 4.91. The molecular weight excluding hydrogens is 339 g/mol. The van der Waals surface area contributed by atoms with Crippen LogP contribution in [-0.2, 0) is 0 Å². The van der Waals surface area contributed by atoms with Gasteiger partial charge in [-0.2, -0.15) is 0 Å². The smallest absolute Gasteiger partial charge is 0.275 e. The van der Waals surface area contributed by atoms with Crippen molar-refractivity contribution in [3.8, 4) is 0 Å². The van der Waals surface area contributed by atoms with Crippen molar-refractivity contribution in [2.24, 2.45) is 0 Å². The van der Waals surface area contributed by atoms with Gasteiger partial charge < -0.3 is 15.2 Å². The van der Waals surface area contributed by atoms with E-state index >= 15 is 0 Å². The molecule has 128 valence electrons. The molecule has 3 rings (SSSR count). The molecule has 0 spiro atoms. The predicted molar refractivity (Wildman–Crippen MR) is 80.8 cm³/mol. The van der Waals surface area contributed by atoms with Crippen LogP contribution in [-0.4, -0.2) is 21.0 Å². The number of hydrogen-bond acceptors (Lipinski definition) is 6. The Hall–Kier alpha value is -3.43. The van der Waals surface area contributed by atoms with Gasteiger partial charge in [0.1, 0.15) is 23.6 Å². The van der Waals surface area contributed by atoms with E-state index in [1.165, 1.54) is 12.1 Å². The number of nitrogens with zero attached hydrogens (tertiary/aromatic N) is 3. The van der Waals surface area contributed by atoms with Gasteiger partial charge in [-0.1, -0.05) is 5.16 Å². The monoisotopic (exact) mass is 349 g/mol. The Balaban J connectivity index is 1.79. The highest BCUT2D eigenvalue weighted by Crippen LogP contribution is 2.22. The van der Waals surface area contributed by atoms with Crippen molar-refractivity contribution in [3.05, 3.63) is 59.5 Å². The third-order valence-corrected chi connectivity index (χ3v) is 3.07. The zero-order valence-corrected chi connectivity index (χ0v) is 12.7. The van der Waals surface area contributed by atoms with E-state index < -0.39 is 23.4 Å². The molecule has 0 aliphatic heterocycles. The Morgan fingerprint density at radius 2 is 1.88 bits per heavy atom. The summed E-state index contributed by atoms with van der Waals surface area (Å²) in [6, 6.07) is 4.49. The first kappa shape index (κ1) is 16.4. The van der Waals surface area contributed by atoms with Crippen LogP contribution >= 0.6 is 0 Å². The number of nitrogens with one attached hydrogen (secondary N) is 2. The molecule has 0 aliphatic rings. The fraction of sp³-hybridized carbons (Fsp3) is 0.0667. The predicted octanol–water partition coefficient (Wildman–Crippen LogP) is 3.19. The maximum atomic E-state index is 13.7. The van der Waals surface area contributed by atoms with Gasteiger partial charge in [-0.05, 0) is 19.1 Å². The van der Waals surface area contributed by atoms with Gasteiger partial charge in [0.05, 0.1) is 5.69 Å². The topological polar surface area (TPSA) is 92.9 Å². The molecule has 3 aromatic rings. The van der Waals surface area contributed by atoms with Gasteiger partial charge >= 0.3 is 0 Å². The molecule has 0 radical (unpaired) electrons. The van der Waals surface area contributed by atoms with Crippen LogP contribution in [0, 0.1) is 24.4 Å². The fourth-order valence-electron chi connectivity index (χ4n) is 1.92. The molecular formula is C15H10F3N5O2. The molecule has 0 saturated carbocycles. The number of hydrogen-bond donors (Lipinski definition) is 2. The van der Waals surface area contributed by atoms with Gasteiger partial charge in [-0.3, -0.25) is 4.79 Å². The van der Waals surface area contributed by atoms with Crippen LogP contribution in [0.5, 0.6) is 0 Å². The second-order valence-corrected chi connectivity index (χ2v) is 4.91. The number of carbonyl (C=O) groups excluding carboxylic acids is 1. The van der Waals surface area contributed by atoms with Crippen LogP contribution in [0.25, 0.3) is 0 Å². The lowest BCUT2D eigenvalue weighted by molar-refractivity contribution is 0.102. The van der Waals surface area contributed by atoms with E-state index in [0.29, 0.717) is 5.76 Å². The molecule has 0 atom stereocenters. The van der Waals surface area contributed by atoms with Crippen LogP contribution in [0.15, 0.2) is 35.1 Å². The summed E-state index contributed by atoms with van der Waals surface area (Å²) in [6.45, 7) is 1.66. The van der Waals surface area contributed by atoms with Crippen LogP contribution in [0.2, 0.25) is 0 Å². The minimum atomic E-state index is -1.61. The van der Waals surface area contributed by atoms with Crippen molar-refractivity contribution in [2.75, 3.05) is 10.6 Å². The van der Waals surface area contributed by atoms with E-state index in [0.717, 1.165) is 18.5 Å². The highest BCUT2D eigenvalue weighted by Gasteiger charge is 2.15. The van der Waals surface area contributed by atoms with Gasteiger partial charge in [0.2, 0.25) is 0 Å². The van der Waals surface area contributed by atoms with Crippen LogP contribution < -0.4 is 10.6 Å². The van der Waals surface area contributed by atoms with Crippen LogP contribution in [0.4, 0.5) is 30.5 Å². The summed E-state index contributed by atoms with van der Waals surface area (Å²) in [5.74, 6) is -4.21. The zero-order chi connectivity index (χ0) is 18.0. The molecule has 0 aliphatic carbocycles. The van der Waals surface area contributed by atoms with Gasteiger partial charge in [-0.15, -0.1) is 0 Å². The Labute approximate surface area is 138 Å². The molecule has 10 heteroatoms. The quantitative estimate of drug-likeness (QED) is 0.703. The molecule has 0 bridgehead atoms. The van der Waals surface area contributed by atoms with E-state index in [1.54, 1.807) is 6.92 Å². The highest BCUT2D eigenvalue weighted by molar-refractivity contribution is 6.02. The molecule has 1 amide bonds. The Morgan fingerprint density at radius 1 is 1.08 bits per heavy atom. The summed E-state index contributed by atoms with van der Waals surface area (Å²) in [5.41, 5.74) is -0.391. The van der Waals surface area contributed by atoms with Crippen molar-refractivity contribution >= 4 is 23.2 Å². The summed E-state index contributed by atoms with van der Waals surface area (Å²) < 4.78 is 44.7. The van der Waals surface area contributed by atoms with Crippen LogP contribution in [0.3, 0.4) is 0 Å². The Morgan fingerprint density at radius 3 is 2.60 bits per heavy atom. The minimum Gasteiger partial charge on any atom is -0.360 e. The lowest BCUT2D eigenvalue weighted by Gasteiger charge is -2.08. The molecule has 7 nitrogen and oxygen atoms in total. The lowest BCUT2D eigenvalue weighted by atomic mass is 10.2. The largest absolute Gasteiger partial charge is 0.360 e. The standard InChI is InChI=1S/C15H10F3N5O2/c1-7-4-12(23-25-7)22-15(24)10-5-11(20-6-19-10)21-9-3-2-8(16)13(17)14(9)18/h2-6H,1H3,(H,19,20,21)(H,22,23,24). The first-order chi connectivity index (χ1) is 11.9. The molecule has 0 saturated heterocycles. The number of rotatable bonds is 4. The Kier molecular flexibility index (Phi) is 4.33. The summed E-state index contributed by atoms with van der Waals surface area (Å²) in [6.07, 6.45) is 1.06. The van der Waals surface area contributed by atoms with E-state index in [4.69, 9.17) is 4.52 Å².